The van der Waals surface area contributed by atoms with Crippen molar-refractivity contribution >= 4 is 50.9 Å². The molecule has 0 aliphatic rings. The predicted octanol–water partition coefficient (Wildman–Crippen LogP) is 5.99. The lowest BCUT2D eigenvalue weighted by atomic mass is 9.87. The molecule has 2 rings (SSSR count). The first-order chi connectivity index (χ1) is 15.0. The molecule has 0 spiro atoms. The maximum atomic E-state index is 13.2. The molecule has 0 fully saturated rings. The van der Waals surface area contributed by atoms with Crippen LogP contribution in [0.2, 0.25) is 10.0 Å². The Hall–Kier alpha value is -1.76. The predicted molar refractivity (Wildman–Crippen MR) is 133 cm³/mol. The summed E-state index contributed by atoms with van der Waals surface area (Å²) in [6.45, 7) is 8.24. The topological polar surface area (TPSA) is 58.6 Å². The molecule has 0 saturated carbocycles. The second-order valence-electron chi connectivity index (χ2n) is 8.49. The second kappa shape index (κ2) is 11.4. The van der Waals surface area contributed by atoms with Crippen molar-refractivity contribution in [1.29, 1.82) is 0 Å². The summed E-state index contributed by atoms with van der Waals surface area (Å²) in [6.07, 6.45) is 0.455. The van der Waals surface area contributed by atoms with Crippen LogP contribution in [0.3, 0.4) is 0 Å². The molecule has 0 heterocycles. The number of benzene rings is 2. The number of hydrogen-bond acceptors (Lipinski definition) is 3. The lowest BCUT2D eigenvalue weighted by molar-refractivity contribution is -0.142. The smallest absolute Gasteiger partial charge is 0.261 e. The van der Waals surface area contributed by atoms with Crippen molar-refractivity contribution in [3.05, 3.63) is 62.0 Å². The standard InChI is InChI=1S/C24H29BrCl2N2O3/c1-6-20(23(31)28-5)29(13-15-7-9-18(26)19(27)11-15)22(30)14-32-21-10-8-16(12-17(21)25)24(2,3)4/h7-12,20H,6,13-14H2,1-5H3,(H,28,31). The Morgan fingerprint density at radius 2 is 1.81 bits per heavy atom. The number of likely N-dealkylation sites (N-methyl/N-ethyl adjacent to an activating group) is 1. The van der Waals surface area contributed by atoms with Gasteiger partial charge in [-0.05, 0) is 63.2 Å². The van der Waals surface area contributed by atoms with E-state index < -0.39 is 6.04 Å². The van der Waals surface area contributed by atoms with Gasteiger partial charge in [0.2, 0.25) is 5.91 Å². The Balaban J connectivity index is 2.24. The Morgan fingerprint density at radius 1 is 1.12 bits per heavy atom. The summed E-state index contributed by atoms with van der Waals surface area (Å²) >= 11 is 15.7. The fourth-order valence-electron chi connectivity index (χ4n) is 3.23. The largest absolute Gasteiger partial charge is 0.483 e. The molecule has 0 aliphatic heterocycles. The average Bonchev–Trinajstić information content (AvgIpc) is 2.74. The average molecular weight is 544 g/mol. The summed E-state index contributed by atoms with van der Waals surface area (Å²) in [5.41, 5.74) is 1.91. The SMILES string of the molecule is CCC(C(=O)NC)N(Cc1ccc(Cl)c(Cl)c1)C(=O)COc1ccc(C(C)(C)C)cc1Br. The molecule has 0 radical (unpaired) electrons. The monoisotopic (exact) mass is 542 g/mol. The first-order valence-electron chi connectivity index (χ1n) is 10.4. The molecule has 1 unspecified atom stereocenters. The third-order valence-electron chi connectivity index (χ3n) is 5.12. The molecule has 1 atom stereocenters. The molecule has 8 heteroatoms. The fourth-order valence-corrected chi connectivity index (χ4v) is 4.04. The number of rotatable bonds is 8. The van der Waals surface area contributed by atoms with Gasteiger partial charge in [0, 0.05) is 13.6 Å². The summed E-state index contributed by atoms with van der Waals surface area (Å²) in [6, 6.07) is 10.3. The summed E-state index contributed by atoms with van der Waals surface area (Å²) in [5, 5.41) is 3.45. The number of amides is 2. The number of hydrogen-bond donors (Lipinski definition) is 1. The van der Waals surface area contributed by atoms with E-state index in [0.717, 1.165) is 15.6 Å². The number of carbonyl (C=O) groups excluding carboxylic acids is 2. The maximum Gasteiger partial charge on any atom is 0.261 e. The minimum absolute atomic E-state index is 0.00458. The van der Waals surface area contributed by atoms with Gasteiger partial charge in [0.1, 0.15) is 11.8 Å². The van der Waals surface area contributed by atoms with Crippen molar-refractivity contribution in [3.63, 3.8) is 0 Å². The van der Waals surface area contributed by atoms with E-state index in [1.165, 1.54) is 4.90 Å². The molecular weight excluding hydrogens is 515 g/mol. The van der Waals surface area contributed by atoms with E-state index in [4.69, 9.17) is 27.9 Å². The Morgan fingerprint density at radius 3 is 2.34 bits per heavy atom. The van der Waals surface area contributed by atoms with E-state index in [1.54, 1.807) is 25.2 Å². The van der Waals surface area contributed by atoms with Gasteiger partial charge in [-0.3, -0.25) is 9.59 Å². The highest BCUT2D eigenvalue weighted by molar-refractivity contribution is 9.10. The van der Waals surface area contributed by atoms with Gasteiger partial charge in [0.15, 0.2) is 6.61 Å². The summed E-state index contributed by atoms with van der Waals surface area (Å²) < 4.78 is 6.59. The van der Waals surface area contributed by atoms with Gasteiger partial charge in [-0.2, -0.15) is 0 Å². The lowest BCUT2D eigenvalue weighted by Gasteiger charge is -2.30. The second-order valence-corrected chi connectivity index (χ2v) is 10.2. The molecule has 5 nitrogen and oxygen atoms in total. The van der Waals surface area contributed by atoms with Crippen molar-refractivity contribution in [1.82, 2.24) is 10.2 Å². The lowest BCUT2D eigenvalue weighted by Crippen LogP contribution is -2.49. The first-order valence-corrected chi connectivity index (χ1v) is 11.9. The van der Waals surface area contributed by atoms with Crippen LogP contribution in [0, 0.1) is 0 Å². The summed E-state index contributed by atoms with van der Waals surface area (Å²) in [5.74, 6) is 0.0174. The number of carbonyl (C=O) groups is 2. The highest BCUT2D eigenvalue weighted by Crippen LogP contribution is 2.31. The van der Waals surface area contributed by atoms with Crippen LogP contribution in [0.1, 0.15) is 45.2 Å². The van der Waals surface area contributed by atoms with E-state index in [2.05, 4.69) is 42.0 Å². The van der Waals surface area contributed by atoms with Gasteiger partial charge in [0.05, 0.1) is 14.5 Å². The van der Waals surface area contributed by atoms with Crippen molar-refractivity contribution in [2.75, 3.05) is 13.7 Å². The maximum absolute atomic E-state index is 13.2. The van der Waals surface area contributed by atoms with Crippen molar-refractivity contribution in [2.45, 2.75) is 52.1 Å². The normalized spacial score (nSPS) is 12.2. The van der Waals surface area contributed by atoms with Crippen LogP contribution in [0.15, 0.2) is 40.9 Å². The van der Waals surface area contributed by atoms with E-state index >= 15 is 0 Å². The van der Waals surface area contributed by atoms with E-state index in [1.807, 2.05) is 25.1 Å². The van der Waals surface area contributed by atoms with Gasteiger partial charge in [-0.25, -0.2) is 0 Å². The third kappa shape index (κ3) is 6.87. The zero-order valence-corrected chi connectivity index (χ0v) is 22.1. The molecule has 0 aliphatic carbocycles. The molecule has 0 saturated heterocycles. The van der Waals surface area contributed by atoms with Crippen LogP contribution in [0.5, 0.6) is 5.75 Å². The molecular formula is C24H29BrCl2N2O3. The Labute approximate surface area is 208 Å². The summed E-state index contributed by atoms with van der Waals surface area (Å²) in [4.78, 5) is 27.1. The van der Waals surface area contributed by atoms with Crippen molar-refractivity contribution in [3.8, 4) is 5.75 Å². The number of halogens is 3. The highest BCUT2D eigenvalue weighted by atomic mass is 79.9. The van der Waals surface area contributed by atoms with E-state index in [9.17, 15) is 9.59 Å². The molecule has 0 bridgehead atoms. The van der Waals surface area contributed by atoms with E-state index in [-0.39, 0.29) is 30.4 Å². The van der Waals surface area contributed by atoms with Crippen molar-refractivity contribution < 1.29 is 14.3 Å². The quantitative estimate of drug-likeness (QED) is 0.445. The molecule has 2 amide bonds. The molecule has 0 aromatic heterocycles. The minimum Gasteiger partial charge on any atom is -0.483 e. The van der Waals surface area contributed by atoms with Crippen LogP contribution in [-0.4, -0.2) is 36.4 Å². The van der Waals surface area contributed by atoms with Gasteiger partial charge >= 0.3 is 0 Å². The Kier molecular flexibility index (Phi) is 9.43. The first kappa shape index (κ1) is 26.5. The van der Waals surface area contributed by atoms with Crippen LogP contribution >= 0.6 is 39.1 Å². The van der Waals surface area contributed by atoms with Crippen LogP contribution in [-0.2, 0) is 21.5 Å². The van der Waals surface area contributed by atoms with Gasteiger partial charge in [-0.15, -0.1) is 0 Å². The van der Waals surface area contributed by atoms with Crippen LogP contribution < -0.4 is 10.1 Å². The van der Waals surface area contributed by atoms with Gasteiger partial charge in [0.25, 0.3) is 5.91 Å². The molecule has 174 valence electrons. The van der Waals surface area contributed by atoms with Crippen LogP contribution in [0.25, 0.3) is 0 Å². The molecule has 2 aromatic carbocycles. The third-order valence-corrected chi connectivity index (χ3v) is 6.48. The zero-order chi connectivity index (χ0) is 24.1. The molecule has 1 N–H and O–H groups in total. The highest BCUT2D eigenvalue weighted by Gasteiger charge is 2.28. The Bertz CT molecular complexity index is 976. The van der Waals surface area contributed by atoms with E-state index in [0.29, 0.717) is 22.2 Å². The van der Waals surface area contributed by atoms with Crippen molar-refractivity contribution in [2.24, 2.45) is 0 Å². The van der Waals surface area contributed by atoms with Crippen LogP contribution in [0.4, 0.5) is 0 Å². The number of nitrogens with zero attached hydrogens (tertiary/aromatic N) is 1. The number of nitrogens with one attached hydrogen (secondary N) is 1. The van der Waals surface area contributed by atoms with Gasteiger partial charge < -0.3 is 15.0 Å². The molecule has 32 heavy (non-hydrogen) atoms. The summed E-state index contributed by atoms with van der Waals surface area (Å²) in [7, 11) is 1.55. The molecule has 2 aromatic rings. The fraction of sp³-hybridized carbons (Fsp3) is 0.417. The zero-order valence-electron chi connectivity index (χ0n) is 19.0. The van der Waals surface area contributed by atoms with Gasteiger partial charge in [-0.1, -0.05) is 63.0 Å². The minimum atomic E-state index is -0.641. The number of ether oxygens (including phenoxy) is 1.